The third kappa shape index (κ3) is 10.4. The third-order valence-electron chi connectivity index (χ3n) is 7.49. The van der Waals surface area contributed by atoms with E-state index in [-0.39, 0.29) is 24.2 Å². The molecule has 2 amide bonds. The standard InChI is InChI=1S/C27H26Cl2N2O4.C7H15NO2S/c1-27(2,3)35-18-11-8-16(9-12-18)15-34-31-26(33)23-19-6-4-5-7-20(19)25(32)30-24(23)21-13-10-17(28)14-22(21)29;1-11(9,10)8-7-5-3-2-4-6-7/h4-14,23-24H,15H2,1-3H3,(H,30,32)(H,31,33);7-8H,2-6H2,1H3/t23-,24+;/m1./s1. The lowest BCUT2D eigenvalue weighted by molar-refractivity contribution is -0.137. The number of nitrogens with one attached hydrogen (secondary N) is 3. The lowest BCUT2D eigenvalue weighted by atomic mass is 9.80. The molecule has 0 unspecified atom stereocenters. The molecule has 1 saturated carbocycles. The Morgan fingerprint density at radius 1 is 0.957 bits per heavy atom. The summed E-state index contributed by atoms with van der Waals surface area (Å²) in [4.78, 5) is 31.7. The van der Waals surface area contributed by atoms with Crippen LogP contribution in [0.5, 0.6) is 5.75 Å². The summed E-state index contributed by atoms with van der Waals surface area (Å²) >= 11 is 12.5. The molecule has 3 aromatic rings. The Morgan fingerprint density at radius 2 is 1.63 bits per heavy atom. The molecular weight excluding hydrogens is 649 g/mol. The molecule has 0 aromatic heterocycles. The van der Waals surface area contributed by atoms with Gasteiger partial charge in [0, 0.05) is 21.7 Å². The van der Waals surface area contributed by atoms with E-state index >= 15 is 0 Å². The molecule has 248 valence electrons. The van der Waals surface area contributed by atoms with Crippen molar-refractivity contribution in [1.82, 2.24) is 15.5 Å². The average Bonchev–Trinajstić information content (AvgIpc) is 2.97. The number of ether oxygens (including phenoxy) is 1. The van der Waals surface area contributed by atoms with E-state index in [0.717, 1.165) is 37.0 Å². The number of sulfonamides is 1. The van der Waals surface area contributed by atoms with E-state index in [4.69, 9.17) is 32.8 Å². The first-order chi connectivity index (χ1) is 21.7. The summed E-state index contributed by atoms with van der Waals surface area (Å²) in [5.74, 6) is -0.687. The van der Waals surface area contributed by atoms with E-state index in [0.29, 0.717) is 26.7 Å². The number of benzene rings is 3. The molecule has 0 saturated heterocycles. The molecule has 2 aliphatic rings. The van der Waals surface area contributed by atoms with Crippen LogP contribution >= 0.6 is 23.2 Å². The highest BCUT2D eigenvalue weighted by molar-refractivity contribution is 7.88. The van der Waals surface area contributed by atoms with E-state index in [1.807, 2.05) is 45.0 Å². The predicted molar refractivity (Wildman–Crippen MR) is 180 cm³/mol. The van der Waals surface area contributed by atoms with E-state index in [1.54, 1.807) is 42.5 Å². The molecule has 5 rings (SSSR count). The minimum Gasteiger partial charge on any atom is -0.488 e. The maximum atomic E-state index is 13.4. The van der Waals surface area contributed by atoms with E-state index < -0.39 is 27.9 Å². The zero-order valence-corrected chi connectivity index (χ0v) is 28.8. The van der Waals surface area contributed by atoms with Gasteiger partial charge in [0.15, 0.2) is 0 Å². The lowest BCUT2D eigenvalue weighted by Crippen LogP contribution is -2.44. The van der Waals surface area contributed by atoms with Gasteiger partial charge in [-0.25, -0.2) is 18.6 Å². The number of rotatable bonds is 8. The van der Waals surface area contributed by atoms with Gasteiger partial charge in [0.2, 0.25) is 10.0 Å². The molecule has 0 spiro atoms. The van der Waals surface area contributed by atoms with Crippen molar-refractivity contribution in [3.05, 3.63) is 99.0 Å². The zero-order chi connectivity index (χ0) is 33.5. The van der Waals surface area contributed by atoms with Crippen molar-refractivity contribution in [1.29, 1.82) is 0 Å². The van der Waals surface area contributed by atoms with Gasteiger partial charge >= 0.3 is 0 Å². The molecule has 3 aromatic carbocycles. The molecule has 2 atom stereocenters. The summed E-state index contributed by atoms with van der Waals surface area (Å²) in [6, 6.07) is 19.0. The van der Waals surface area contributed by atoms with Crippen LogP contribution in [-0.2, 0) is 26.3 Å². The lowest BCUT2D eigenvalue weighted by Gasteiger charge is -2.33. The van der Waals surface area contributed by atoms with E-state index in [9.17, 15) is 18.0 Å². The van der Waals surface area contributed by atoms with Gasteiger partial charge in [-0.05, 0) is 80.6 Å². The molecule has 3 N–H and O–H groups in total. The number of hydrogen-bond donors (Lipinski definition) is 3. The molecule has 9 nitrogen and oxygen atoms in total. The van der Waals surface area contributed by atoms with Crippen molar-refractivity contribution >= 4 is 45.0 Å². The molecule has 1 aliphatic heterocycles. The largest absolute Gasteiger partial charge is 0.488 e. The molecule has 12 heteroatoms. The Bertz CT molecular complexity index is 1620. The number of hydroxylamine groups is 1. The summed E-state index contributed by atoms with van der Waals surface area (Å²) in [6.45, 7) is 6.11. The smallest absolute Gasteiger partial charge is 0.253 e. The number of amides is 2. The summed E-state index contributed by atoms with van der Waals surface area (Å²) in [7, 11) is -2.97. The van der Waals surface area contributed by atoms with Crippen molar-refractivity contribution in [2.24, 2.45) is 0 Å². The van der Waals surface area contributed by atoms with Crippen LogP contribution in [0.15, 0.2) is 66.7 Å². The fourth-order valence-corrected chi connectivity index (χ4v) is 6.91. The molecule has 46 heavy (non-hydrogen) atoms. The maximum Gasteiger partial charge on any atom is 0.253 e. The van der Waals surface area contributed by atoms with E-state index in [1.165, 1.54) is 12.7 Å². The highest BCUT2D eigenvalue weighted by atomic mass is 35.5. The summed E-state index contributed by atoms with van der Waals surface area (Å²) in [6.07, 6.45) is 6.81. The normalized spacial score (nSPS) is 18.4. The summed E-state index contributed by atoms with van der Waals surface area (Å²) < 4.78 is 30.0. The van der Waals surface area contributed by atoms with Crippen LogP contribution in [0.25, 0.3) is 0 Å². The minimum absolute atomic E-state index is 0.161. The third-order valence-corrected chi connectivity index (χ3v) is 8.81. The van der Waals surface area contributed by atoms with Gasteiger partial charge in [-0.15, -0.1) is 0 Å². The number of hydrogen-bond acceptors (Lipinski definition) is 6. The van der Waals surface area contributed by atoms with Crippen molar-refractivity contribution in [3.63, 3.8) is 0 Å². The van der Waals surface area contributed by atoms with Crippen LogP contribution in [0, 0.1) is 0 Å². The quantitative estimate of drug-likeness (QED) is 0.222. The van der Waals surface area contributed by atoms with Crippen LogP contribution in [0.4, 0.5) is 0 Å². The highest BCUT2D eigenvalue weighted by Gasteiger charge is 2.40. The van der Waals surface area contributed by atoms with Crippen molar-refractivity contribution in [3.8, 4) is 5.75 Å². The Kier molecular flexibility index (Phi) is 12.1. The first-order valence-electron chi connectivity index (χ1n) is 15.2. The van der Waals surface area contributed by atoms with Crippen molar-refractivity contribution in [2.45, 2.75) is 83.1 Å². The number of carbonyl (C=O) groups is 2. The van der Waals surface area contributed by atoms with Crippen LogP contribution in [-0.4, -0.2) is 38.1 Å². The second-order valence-corrected chi connectivity index (χ2v) is 15.1. The highest BCUT2D eigenvalue weighted by Crippen LogP contribution is 2.40. The zero-order valence-electron chi connectivity index (χ0n) is 26.4. The second kappa shape index (κ2) is 15.6. The Hall–Kier alpha value is -3.15. The monoisotopic (exact) mass is 689 g/mol. The van der Waals surface area contributed by atoms with Crippen LogP contribution in [0.3, 0.4) is 0 Å². The maximum absolute atomic E-state index is 13.4. The fourth-order valence-electron chi connectivity index (χ4n) is 5.55. The predicted octanol–water partition coefficient (Wildman–Crippen LogP) is 6.86. The second-order valence-electron chi connectivity index (χ2n) is 12.5. The molecule has 0 radical (unpaired) electrons. The van der Waals surface area contributed by atoms with Gasteiger partial charge in [-0.1, -0.05) is 78.9 Å². The molecule has 1 fully saturated rings. The summed E-state index contributed by atoms with van der Waals surface area (Å²) in [5.41, 5.74) is 4.74. The minimum atomic E-state index is -2.97. The molecular formula is C34H41Cl2N3O6S. The fraction of sp³-hybridized carbons (Fsp3) is 0.412. The molecule has 1 heterocycles. The topological polar surface area (TPSA) is 123 Å². The van der Waals surface area contributed by atoms with Crippen molar-refractivity contribution in [2.75, 3.05) is 6.26 Å². The SMILES string of the molecule is CC(C)(C)Oc1ccc(CONC(=O)[C@@H]2c3ccccc3C(=O)N[C@H]2c2ccc(Cl)cc2Cl)cc1.CS(=O)(=O)NC1CCCCC1. The first-order valence-corrected chi connectivity index (χ1v) is 17.9. The number of halogens is 2. The summed E-state index contributed by atoms with van der Waals surface area (Å²) in [5, 5.41) is 3.74. The average molecular weight is 691 g/mol. The van der Waals surface area contributed by atoms with Crippen LogP contribution in [0.1, 0.15) is 91.9 Å². The van der Waals surface area contributed by atoms with Gasteiger partial charge in [-0.3, -0.25) is 14.4 Å². The number of fused-ring (bicyclic) bond motifs is 1. The van der Waals surface area contributed by atoms with Gasteiger partial charge < -0.3 is 10.1 Å². The van der Waals surface area contributed by atoms with Gasteiger partial charge in [0.05, 0.1) is 24.8 Å². The number of carbonyl (C=O) groups excluding carboxylic acids is 2. The van der Waals surface area contributed by atoms with Gasteiger partial charge in [0.25, 0.3) is 11.8 Å². The van der Waals surface area contributed by atoms with Gasteiger partial charge in [0.1, 0.15) is 11.4 Å². The van der Waals surface area contributed by atoms with Crippen LogP contribution < -0.4 is 20.3 Å². The van der Waals surface area contributed by atoms with E-state index in [2.05, 4.69) is 15.5 Å². The Labute approximate surface area is 281 Å². The van der Waals surface area contributed by atoms with Gasteiger partial charge in [-0.2, -0.15) is 0 Å². The van der Waals surface area contributed by atoms with Crippen molar-refractivity contribution < 1.29 is 27.6 Å². The molecule has 1 aliphatic carbocycles. The van der Waals surface area contributed by atoms with Crippen LogP contribution in [0.2, 0.25) is 10.0 Å². The molecule has 0 bridgehead atoms. The first kappa shape index (κ1) is 35.7. The Morgan fingerprint density at radius 3 is 2.26 bits per heavy atom. The Balaban J connectivity index is 0.000000369.